The average Bonchev–Trinajstić information content (AvgIpc) is 2.83. The van der Waals surface area contributed by atoms with Gasteiger partial charge in [-0.1, -0.05) is 57.9 Å². The van der Waals surface area contributed by atoms with Gasteiger partial charge < -0.3 is 0 Å². The third-order valence-corrected chi connectivity index (χ3v) is 7.31. The fourth-order valence-electron chi connectivity index (χ4n) is 3.27. The van der Waals surface area contributed by atoms with Crippen molar-refractivity contribution >= 4 is 37.6 Å². The summed E-state index contributed by atoms with van der Waals surface area (Å²) in [7, 11) is -4.10. The molecule has 0 saturated heterocycles. The van der Waals surface area contributed by atoms with Gasteiger partial charge in [-0.05, 0) is 48.0 Å². The first-order chi connectivity index (χ1) is 16.5. The maximum absolute atomic E-state index is 12.8. The van der Waals surface area contributed by atoms with Crippen LogP contribution >= 0.6 is 27.5 Å². The SMILES string of the molecule is O=S(=O)(NCc1ncc(-c2ccc(Br)cc2)c(-c2ccccc2Cl)n1)c1ccc(C(F)(F)F)cc1. The summed E-state index contributed by atoms with van der Waals surface area (Å²) in [4.78, 5) is 8.56. The monoisotopic (exact) mass is 581 g/mol. The molecule has 180 valence electrons. The zero-order chi connectivity index (χ0) is 25.2. The molecule has 1 N–H and O–H groups in total. The highest BCUT2D eigenvalue weighted by atomic mass is 79.9. The summed E-state index contributed by atoms with van der Waals surface area (Å²) in [6, 6.07) is 17.9. The van der Waals surface area contributed by atoms with Crippen LogP contribution in [0.1, 0.15) is 11.4 Å². The minimum atomic E-state index is -4.56. The molecule has 0 spiro atoms. The van der Waals surface area contributed by atoms with Crippen LogP contribution in [0.5, 0.6) is 0 Å². The normalized spacial score (nSPS) is 12.0. The van der Waals surface area contributed by atoms with Crippen LogP contribution in [0.15, 0.2) is 88.4 Å². The Bertz CT molecular complexity index is 1460. The lowest BCUT2D eigenvalue weighted by molar-refractivity contribution is -0.137. The van der Waals surface area contributed by atoms with Gasteiger partial charge in [-0.15, -0.1) is 0 Å². The smallest absolute Gasteiger partial charge is 0.239 e. The van der Waals surface area contributed by atoms with E-state index in [1.807, 2.05) is 30.3 Å². The fraction of sp³-hybridized carbons (Fsp3) is 0.0833. The van der Waals surface area contributed by atoms with Crippen molar-refractivity contribution in [2.24, 2.45) is 0 Å². The third kappa shape index (κ3) is 5.90. The molecule has 4 rings (SSSR count). The summed E-state index contributed by atoms with van der Waals surface area (Å²) < 4.78 is 66.8. The number of sulfonamides is 1. The van der Waals surface area contributed by atoms with Crippen molar-refractivity contribution < 1.29 is 21.6 Å². The minimum absolute atomic E-state index is 0.163. The molecule has 4 aromatic rings. The van der Waals surface area contributed by atoms with E-state index in [1.54, 1.807) is 24.4 Å². The molecule has 0 aliphatic rings. The second-order valence-electron chi connectivity index (χ2n) is 7.38. The lowest BCUT2D eigenvalue weighted by atomic mass is 10.0. The molecular weight excluding hydrogens is 567 g/mol. The molecule has 0 bridgehead atoms. The van der Waals surface area contributed by atoms with Crippen LogP contribution in [0.25, 0.3) is 22.4 Å². The molecule has 35 heavy (non-hydrogen) atoms. The van der Waals surface area contributed by atoms with E-state index in [-0.39, 0.29) is 17.3 Å². The van der Waals surface area contributed by atoms with E-state index in [0.29, 0.717) is 34.0 Å². The number of alkyl halides is 3. The maximum atomic E-state index is 12.8. The summed E-state index contributed by atoms with van der Waals surface area (Å²) in [5, 5.41) is 0.459. The first-order valence-electron chi connectivity index (χ1n) is 10.1. The highest BCUT2D eigenvalue weighted by Gasteiger charge is 2.30. The standard InChI is InChI=1S/C24H16BrClF3N3O2S/c25-17-9-5-15(6-10-17)20-13-30-22(32-23(20)19-3-1-2-4-21(19)26)14-31-35(33,34)18-11-7-16(8-12-18)24(27,28)29/h1-13,31H,14H2. The van der Waals surface area contributed by atoms with Gasteiger partial charge in [0.25, 0.3) is 0 Å². The number of halogens is 5. The quantitative estimate of drug-likeness (QED) is 0.274. The molecule has 11 heteroatoms. The van der Waals surface area contributed by atoms with Crippen LogP contribution in [-0.2, 0) is 22.7 Å². The largest absolute Gasteiger partial charge is 0.416 e. The molecule has 0 radical (unpaired) electrons. The topological polar surface area (TPSA) is 72.0 Å². The van der Waals surface area contributed by atoms with E-state index < -0.39 is 21.8 Å². The lowest BCUT2D eigenvalue weighted by Gasteiger charge is -2.13. The van der Waals surface area contributed by atoms with Gasteiger partial charge in [-0.25, -0.2) is 23.1 Å². The van der Waals surface area contributed by atoms with Crippen LogP contribution in [0.3, 0.4) is 0 Å². The minimum Gasteiger partial charge on any atom is -0.239 e. The molecule has 0 amide bonds. The van der Waals surface area contributed by atoms with Crippen molar-refractivity contribution in [3.63, 3.8) is 0 Å². The van der Waals surface area contributed by atoms with Gasteiger partial charge in [0.05, 0.1) is 22.7 Å². The van der Waals surface area contributed by atoms with Crippen LogP contribution < -0.4 is 4.72 Å². The van der Waals surface area contributed by atoms with Crippen molar-refractivity contribution in [1.82, 2.24) is 14.7 Å². The van der Waals surface area contributed by atoms with Gasteiger partial charge in [0.1, 0.15) is 5.82 Å². The Morgan fingerprint density at radius 3 is 2.20 bits per heavy atom. The summed E-state index contributed by atoms with van der Waals surface area (Å²) in [5.41, 5.74) is 1.74. The second-order valence-corrected chi connectivity index (χ2v) is 10.5. The third-order valence-electron chi connectivity index (χ3n) is 5.04. The number of nitrogens with one attached hydrogen (secondary N) is 1. The van der Waals surface area contributed by atoms with Crippen LogP contribution in [0.4, 0.5) is 13.2 Å². The Balaban J connectivity index is 1.65. The molecule has 5 nitrogen and oxygen atoms in total. The Hall–Kier alpha value is -2.79. The number of aromatic nitrogens is 2. The van der Waals surface area contributed by atoms with Gasteiger partial charge in [-0.2, -0.15) is 13.2 Å². The number of rotatable bonds is 6. The number of benzene rings is 3. The Morgan fingerprint density at radius 2 is 1.57 bits per heavy atom. The highest BCUT2D eigenvalue weighted by molar-refractivity contribution is 9.10. The lowest BCUT2D eigenvalue weighted by Crippen LogP contribution is -2.24. The van der Waals surface area contributed by atoms with E-state index >= 15 is 0 Å². The van der Waals surface area contributed by atoms with Crippen molar-refractivity contribution in [2.45, 2.75) is 17.6 Å². The molecule has 0 aliphatic carbocycles. The molecule has 1 aromatic heterocycles. The van der Waals surface area contributed by atoms with Gasteiger partial charge in [-0.3, -0.25) is 0 Å². The van der Waals surface area contributed by atoms with E-state index in [1.165, 1.54) is 0 Å². The zero-order valence-electron chi connectivity index (χ0n) is 17.7. The van der Waals surface area contributed by atoms with E-state index in [0.717, 1.165) is 22.2 Å². The van der Waals surface area contributed by atoms with Gasteiger partial charge >= 0.3 is 6.18 Å². The summed E-state index contributed by atoms with van der Waals surface area (Å²) in [5.74, 6) is 0.163. The van der Waals surface area contributed by atoms with Gasteiger partial charge in [0.15, 0.2) is 0 Å². The molecule has 0 unspecified atom stereocenters. The van der Waals surface area contributed by atoms with Crippen LogP contribution in [-0.4, -0.2) is 18.4 Å². The predicted molar refractivity (Wildman–Crippen MR) is 131 cm³/mol. The van der Waals surface area contributed by atoms with Gasteiger partial charge in [0, 0.05) is 26.8 Å². The molecule has 0 aliphatic heterocycles. The molecule has 0 atom stereocenters. The molecule has 0 saturated carbocycles. The summed E-state index contributed by atoms with van der Waals surface area (Å²) in [6.45, 7) is -0.276. The first kappa shape index (κ1) is 25.3. The molecule has 0 fully saturated rings. The number of hydrogen-bond donors (Lipinski definition) is 1. The van der Waals surface area contributed by atoms with Crippen molar-refractivity contribution in [3.05, 3.63) is 99.9 Å². The second kappa shape index (κ2) is 10.1. The Kier molecular flexibility index (Phi) is 7.27. The van der Waals surface area contributed by atoms with Crippen LogP contribution in [0.2, 0.25) is 5.02 Å². The van der Waals surface area contributed by atoms with Crippen molar-refractivity contribution in [2.75, 3.05) is 0 Å². The maximum Gasteiger partial charge on any atom is 0.416 e. The summed E-state index contributed by atoms with van der Waals surface area (Å²) in [6.07, 6.45) is -2.98. The molecular formula is C24H16BrClF3N3O2S. The zero-order valence-corrected chi connectivity index (χ0v) is 20.9. The van der Waals surface area contributed by atoms with Crippen LogP contribution in [0, 0.1) is 0 Å². The van der Waals surface area contributed by atoms with E-state index in [2.05, 4.69) is 30.6 Å². The van der Waals surface area contributed by atoms with Gasteiger partial charge in [0.2, 0.25) is 10.0 Å². The average molecular weight is 583 g/mol. The predicted octanol–water partition coefficient (Wildman–Crippen LogP) is 6.72. The first-order valence-corrected chi connectivity index (χ1v) is 12.7. The van der Waals surface area contributed by atoms with Crippen molar-refractivity contribution in [3.8, 4) is 22.4 Å². The summed E-state index contributed by atoms with van der Waals surface area (Å²) >= 11 is 9.81. The number of nitrogens with zero attached hydrogens (tertiary/aromatic N) is 2. The Morgan fingerprint density at radius 1 is 0.914 bits per heavy atom. The molecule has 3 aromatic carbocycles. The fourth-order valence-corrected chi connectivity index (χ4v) is 4.74. The van der Waals surface area contributed by atoms with E-state index in [4.69, 9.17) is 11.6 Å². The Labute approximate surface area is 213 Å². The molecule has 1 heterocycles. The van der Waals surface area contributed by atoms with E-state index in [9.17, 15) is 21.6 Å². The number of hydrogen-bond acceptors (Lipinski definition) is 4. The van der Waals surface area contributed by atoms with Crippen molar-refractivity contribution in [1.29, 1.82) is 0 Å². The highest BCUT2D eigenvalue weighted by Crippen LogP contribution is 2.35.